The fourth-order valence-corrected chi connectivity index (χ4v) is 4.38. The highest BCUT2D eigenvalue weighted by atomic mass is 35.5. The molecule has 2 amide bonds. The molecule has 3 rings (SSSR count). The summed E-state index contributed by atoms with van der Waals surface area (Å²) in [6, 6.07) is 9.68. The number of urea groups is 1. The minimum Gasteiger partial charge on any atom is -0.341 e. The monoisotopic (exact) mass is 506 g/mol. The van der Waals surface area contributed by atoms with Gasteiger partial charge in [0.15, 0.2) is 0 Å². The van der Waals surface area contributed by atoms with Crippen LogP contribution in [0.15, 0.2) is 53.6 Å². The molecule has 3 N–H and O–H groups in total. The van der Waals surface area contributed by atoms with Gasteiger partial charge in [0.2, 0.25) is 5.78 Å². The third-order valence-electron chi connectivity index (χ3n) is 4.62. The molecular weight excluding hydrogens is 487 g/mol. The predicted octanol–water partition coefficient (Wildman–Crippen LogP) is 4.79. The number of halogens is 2. The summed E-state index contributed by atoms with van der Waals surface area (Å²) in [6.45, 7) is 3.40. The molecule has 1 aromatic heterocycles. The van der Waals surface area contributed by atoms with Gasteiger partial charge in [-0.3, -0.25) is 14.5 Å². The Kier molecular flexibility index (Phi) is 7.26. The van der Waals surface area contributed by atoms with E-state index in [2.05, 4.69) is 20.3 Å². The van der Waals surface area contributed by atoms with Crippen LogP contribution in [0.2, 0.25) is 10.0 Å². The molecule has 0 saturated heterocycles. The number of rotatable bonds is 6. The fourth-order valence-electron chi connectivity index (χ4n) is 2.91. The van der Waals surface area contributed by atoms with Crippen molar-refractivity contribution in [3.8, 4) is 0 Å². The maximum Gasteiger partial charge on any atom is 0.318 e. The summed E-state index contributed by atoms with van der Waals surface area (Å²) in [4.78, 5) is 29.0. The van der Waals surface area contributed by atoms with Crippen LogP contribution >= 0.6 is 23.2 Å². The summed E-state index contributed by atoms with van der Waals surface area (Å²) < 4.78 is 28.4. The molecule has 0 saturated carbocycles. The molecule has 0 radical (unpaired) electrons. The number of sulfonamides is 1. The zero-order valence-electron chi connectivity index (χ0n) is 17.9. The highest BCUT2D eigenvalue weighted by Crippen LogP contribution is 2.28. The van der Waals surface area contributed by atoms with Crippen LogP contribution in [0.3, 0.4) is 0 Å². The molecule has 0 bridgehead atoms. The van der Waals surface area contributed by atoms with E-state index in [0.29, 0.717) is 21.8 Å². The normalized spacial score (nSPS) is 11.1. The maximum absolute atomic E-state index is 13.3. The van der Waals surface area contributed by atoms with E-state index in [-0.39, 0.29) is 26.9 Å². The first-order chi connectivity index (χ1) is 15.5. The predicted molar refractivity (Wildman–Crippen MR) is 129 cm³/mol. The minimum absolute atomic E-state index is 0.00617. The maximum atomic E-state index is 13.3. The molecule has 3 aromatic rings. The molecule has 0 aliphatic rings. The van der Waals surface area contributed by atoms with Crippen molar-refractivity contribution in [1.29, 1.82) is 0 Å². The summed E-state index contributed by atoms with van der Waals surface area (Å²) in [7, 11) is -2.59. The molecule has 33 heavy (non-hydrogen) atoms. The van der Waals surface area contributed by atoms with E-state index in [4.69, 9.17) is 23.2 Å². The van der Waals surface area contributed by atoms with E-state index in [1.807, 2.05) is 0 Å². The first-order valence-corrected chi connectivity index (χ1v) is 11.8. The zero-order valence-corrected chi connectivity index (χ0v) is 20.2. The van der Waals surface area contributed by atoms with Crippen LogP contribution in [0, 0.1) is 13.8 Å². The van der Waals surface area contributed by atoms with Gasteiger partial charge in [-0.1, -0.05) is 23.2 Å². The molecule has 1 heterocycles. The smallest absolute Gasteiger partial charge is 0.318 e. The lowest BCUT2D eigenvalue weighted by molar-refractivity contribution is 0.103. The molecule has 0 fully saturated rings. The number of carbonyl (C=O) groups excluding carboxylic acids is 2. The van der Waals surface area contributed by atoms with Crippen LogP contribution in [0.25, 0.3) is 0 Å². The number of hydrogen-bond acceptors (Lipinski definition) is 5. The van der Waals surface area contributed by atoms with E-state index in [9.17, 15) is 18.0 Å². The van der Waals surface area contributed by atoms with E-state index < -0.39 is 21.8 Å². The molecule has 2 aromatic carbocycles. The second-order valence-corrected chi connectivity index (χ2v) is 9.65. The molecular formula is C22H20Cl2N4O4S. The van der Waals surface area contributed by atoms with Gasteiger partial charge < -0.3 is 10.6 Å². The molecule has 0 atom stereocenters. The number of nitrogens with one attached hydrogen (secondary N) is 3. The van der Waals surface area contributed by atoms with Gasteiger partial charge in [0.25, 0.3) is 10.0 Å². The average Bonchev–Trinajstić information content (AvgIpc) is 2.76. The van der Waals surface area contributed by atoms with Crippen molar-refractivity contribution in [3.63, 3.8) is 0 Å². The number of carbonyl (C=O) groups is 2. The molecule has 0 spiro atoms. The number of amides is 2. The number of aromatic nitrogens is 1. The number of aryl methyl sites for hydroxylation is 2. The standard InChI is InChI=1S/C22H20Cl2N4O4S/c1-12-8-19(28-33(31,32)15-5-7-17(23)13(2)9-15)20(26-11-12)21(29)16-10-14(4-6-18(16)24)27-22(30)25-3/h4-11,28H,1-3H3,(H2,25,27,30). The lowest BCUT2D eigenvalue weighted by Gasteiger charge is -2.14. The Morgan fingerprint density at radius 3 is 2.33 bits per heavy atom. The second kappa shape index (κ2) is 9.78. The van der Waals surface area contributed by atoms with E-state index in [0.717, 1.165) is 0 Å². The Bertz CT molecular complexity index is 1360. The van der Waals surface area contributed by atoms with Crippen LogP contribution in [-0.2, 0) is 10.0 Å². The summed E-state index contributed by atoms with van der Waals surface area (Å²) in [5, 5.41) is 5.51. The Morgan fingerprint density at radius 2 is 1.67 bits per heavy atom. The SMILES string of the molecule is CNC(=O)Nc1ccc(Cl)c(C(=O)c2ncc(C)cc2NS(=O)(=O)c2ccc(Cl)c(C)c2)c1. The van der Waals surface area contributed by atoms with Crippen LogP contribution in [0.1, 0.15) is 27.2 Å². The van der Waals surface area contributed by atoms with Gasteiger partial charge in [-0.25, -0.2) is 13.2 Å². The van der Waals surface area contributed by atoms with Crippen molar-refractivity contribution in [2.45, 2.75) is 18.7 Å². The minimum atomic E-state index is -4.04. The van der Waals surface area contributed by atoms with Crippen LogP contribution in [0.5, 0.6) is 0 Å². The third-order valence-corrected chi connectivity index (χ3v) is 6.74. The summed E-state index contributed by atoms with van der Waals surface area (Å²) in [5.41, 5.74) is 1.45. The third kappa shape index (κ3) is 5.62. The van der Waals surface area contributed by atoms with E-state index >= 15 is 0 Å². The van der Waals surface area contributed by atoms with Crippen molar-refractivity contribution in [2.24, 2.45) is 0 Å². The molecule has 0 aliphatic carbocycles. The highest BCUT2D eigenvalue weighted by molar-refractivity contribution is 7.92. The van der Waals surface area contributed by atoms with Gasteiger partial charge in [-0.05, 0) is 67.4 Å². The Labute approximate surface area is 201 Å². The van der Waals surface area contributed by atoms with Gasteiger partial charge >= 0.3 is 6.03 Å². The van der Waals surface area contributed by atoms with Crippen LogP contribution in [-0.4, -0.2) is 32.3 Å². The Hall–Kier alpha value is -3.14. The van der Waals surface area contributed by atoms with Crippen molar-refractivity contribution in [3.05, 3.63) is 81.1 Å². The van der Waals surface area contributed by atoms with Crippen LogP contribution in [0.4, 0.5) is 16.2 Å². The summed E-state index contributed by atoms with van der Waals surface area (Å²) >= 11 is 12.2. The van der Waals surface area contributed by atoms with Gasteiger partial charge in [0.05, 0.1) is 15.6 Å². The summed E-state index contributed by atoms with van der Waals surface area (Å²) in [6.07, 6.45) is 1.44. The lowest BCUT2D eigenvalue weighted by atomic mass is 10.0. The first-order valence-electron chi connectivity index (χ1n) is 9.60. The molecule has 11 heteroatoms. The van der Waals surface area contributed by atoms with Gasteiger partial charge in [0, 0.05) is 29.5 Å². The molecule has 0 unspecified atom stereocenters. The second-order valence-electron chi connectivity index (χ2n) is 7.15. The largest absolute Gasteiger partial charge is 0.341 e. The lowest BCUT2D eigenvalue weighted by Crippen LogP contribution is -2.24. The van der Waals surface area contributed by atoms with Gasteiger partial charge in [-0.15, -0.1) is 0 Å². The number of nitrogens with zero attached hydrogens (tertiary/aromatic N) is 1. The topological polar surface area (TPSA) is 117 Å². The number of benzene rings is 2. The van der Waals surface area contributed by atoms with Crippen LogP contribution < -0.4 is 15.4 Å². The van der Waals surface area contributed by atoms with Crippen molar-refractivity contribution in [2.75, 3.05) is 17.1 Å². The van der Waals surface area contributed by atoms with Gasteiger partial charge in [0.1, 0.15) is 5.69 Å². The number of anilines is 2. The number of ketones is 1. The van der Waals surface area contributed by atoms with Crippen molar-refractivity contribution < 1.29 is 18.0 Å². The molecule has 0 aliphatic heterocycles. The first kappa shape index (κ1) is 24.5. The zero-order chi connectivity index (χ0) is 24.3. The fraction of sp³-hybridized carbons (Fsp3) is 0.136. The molecule has 8 nitrogen and oxygen atoms in total. The summed E-state index contributed by atoms with van der Waals surface area (Å²) in [5.74, 6) is -0.620. The Balaban J connectivity index is 2.02. The van der Waals surface area contributed by atoms with Gasteiger partial charge in [-0.2, -0.15) is 0 Å². The van der Waals surface area contributed by atoms with Crippen molar-refractivity contribution >= 4 is 56.4 Å². The quantitative estimate of drug-likeness (QED) is 0.415. The highest BCUT2D eigenvalue weighted by Gasteiger charge is 2.23. The van der Waals surface area contributed by atoms with Crippen molar-refractivity contribution in [1.82, 2.24) is 10.3 Å². The Morgan fingerprint density at radius 1 is 0.970 bits per heavy atom. The molecule has 172 valence electrons. The number of hydrogen-bond donors (Lipinski definition) is 3. The number of pyridine rings is 1. The van der Waals surface area contributed by atoms with E-state index in [1.165, 1.54) is 55.7 Å². The average molecular weight is 507 g/mol. The van der Waals surface area contributed by atoms with E-state index in [1.54, 1.807) is 13.8 Å².